The molecule has 0 bridgehead atoms. The SMILES string of the molecule is CCCN=C(N)N(CCC#N)C(C)C. The van der Waals surface area contributed by atoms with Crippen molar-refractivity contribution >= 4 is 5.96 Å². The fraction of sp³-hybridized carbons (Fsp3) is 0.800. The van der Waals surface area contributed by atoms with Gasteiger partial charge in [-0.25, -0.2) is 0 Å². The molecule has 0 heterocycles. The molecule has 4 nitrogen and oxygen atoms in total. The summed E-state index contributed by atoms with van der Waals surface area (Å²) in [5.41, 5.74) is 5.81. The summed E-state index contributed by atoms with van der Waals surface area (Å²) in [6.45, 7) is 7.57. The third-order valence-corrected chi connectivity index (χ3v) is 1.88. The summed E-state index contributed by atoms with van der Waals surface area (Å²) in [4.78, 5) is 6.19. The lowest BCUT2D eigenvalue weighted by Gasteiger charge is -2.26. The number of hydrogen-bond donors (Lipinski definition) is 1. The summed E-state index contributed by atoms with van der Waals surface area (Å²) in [7, 11) is 0. The Morgan fingerprint density at radius 1 is 1.57 bits per heavy atom. The maximum absolute atomic E-state index is 8.50. The Morgan fingerprint density at radius 3 is 2.64 bits per heavy atom. The fourth-order valence-corrected chi connectivity index (χ4v) is 1.12. The number of nitrogens with zero attached hydrogens (tertiary/aromatic N) is 3. The summed E-state index contributed by atoms with van der Waals surface area (Å²) < 4.78 is 0. The van der Waals surface area contributed by atoms with Gasteiger partial charge in [-0.05, 0) is 20.3 Å². The molecule has 0 saturated heterocycles. The van der Waals surface area contributed by atoms with E-state index in [0.717, 1.165) is 13.0 Å². The molecule has 0 aliphatic carbocycles. The zero-order valence-corrected chi connectivity index (χ0v) is 9.32. The Balaban J connectivity index is 4.26. The van der Waals surface area contributed by atoms with E-state index in [1.807, 2.05) is 18.7 Å². The second-order valence-electron chi connectivity index (χ2n) is 3.44. The molecule has 0 unspecified atom stereocenters. The van der Waals surface area contributed by atoms with Crippen molar-refractivity contribution in [1.29, 1.82) is 5.26 Å². The van der Waals surface area contributed by atoms with E-state index in [4.69, 9.17) is 11.0 Å². The van der Waals surface area contributed by atoms with Gasteiger partial charge >= 0.3 is 0 Å². The average molecular weight is 196 g/mol. The first-order valence-electron chi connectivity index (χ1n) is 5.07. The minimum atomic E-state index is 0.295. The van der Waals surface area contributed by atoms with Crippen LogP contribution in [-0.2, 0) is 0 Å². The number of nitrogens with two attached hydrogens (primary N) is 1. The molecular weight excluding hydrogens is 176 g/mol. The van der Waals surface area contributed by atoms with Crippen molar-refractivity contribution in [2.45, 2.75) is 39.7 Å². The number of hydrogen-bond acceptors (Lipinski definition) is 2. The summed E-state index contributed by atoms with van der Waals surface area (Å²) in [6.07, 6.45) is 1.48. The van der Waals surface area contributed by atoms with Gasteiger partial charge in [-0.15, -0.1) is 0 Å². The summed E-state index contributed by atoms with van der Waals surface area (Å²) in [5, 5.41) is 8.50. The Labute approximate surface area is 86.4 Å². The van der Waals surface area contributed by atoms with Gasteiger partial charge in [0.15, 0.2) is 5.96 Å². The fourth-order valence-electron chi connectivity index (χ4n) is 1.12. The van der Waals surface area contributed by atoms with Crippen LogP contribution in [0.1, 0.15) is 33.6 Å². The molecule has 4 heteroatoms. The first kappa shape index (κ1) is 12.8. The molecule has 0 fully saturated rings. The summed E-state index contributed by atoms with van der Waals surface area (Å²) in [6, 6.07) is 2.41. The first-order chi connectivity index (χ1) is 6.63. The van der Waals surface area contributed by atoms with Crippen LogP contribution in [0.2, 0.25) is 0 Å². The first-order valence-corrected chi connectivity index (χ1v) is 5.07. The van der Waals surface area contributed by atoms with Gasteiger partial charge in [-0.3, -0.25) is 4.99 Å². The van der Waals surface area contributed by atoms with E-state index < -0.39 is 0 Å². The number of aliphatic imine (C=N–C) groups is 1. The van der Waals surface area contributed by atoms with Crippen LogP contribution in [0.5, 0.6) is 0 Å². The quantitative estimate of drug-likeness (QED) is 0.533. The molecule has 0 aromatic rings. The zero-order chi connectivity index (χ0) is 11.0. The molecule has 0 aromatic carbocycles. The topological polar surface area (TPSA) is 65.4 Å². The smallest absolute Gasteiger partial charge is 0.191 e. The van der Waals surface area contributed by atoms with E-state index in [0.29, 0.717) is 25.0 Å². The minimum Gasteiger partial charge on any atom is -0.370 e. The van der Waals surface area contributed by atoms with Crippen molar-refractivity contribution in [1.82, 2.24) is 4.90 Å². The maximum atomic E-state index is 8.50. The van der Waals surface area contributed by atoms with Crippen LogP contribution in [0.3, 0.4) is 0 Å². The molecule has 0 amide bonds. The molecule has 0 atom stereocenters. The van der Waals surface area contributed by atoms with Crippen molar-refractivity contribution in [2.75, 3.05) is 13.1 Å². The van der Waals surface area contributed by atoms with Gasteiger partial charge < -0.3 is 10.6 Å². The maximum Gasteiger partial charge on any atom is 0.191 e. The van der Waals surface area contributed by atoms with Gasteiger partial charge in [0.2, 0.25) is 0 Å². The highest BCUT2D eigenvalue weighted by molar-refractivity contribution is 5.78. The van der Waals surface area contributed by atoms with Crippen LogP contribution >= 0.6 is 0 Å². The van der Waals surface area contributed by atoms with E-state index in [9.17, 15) is 0 Å². The van der Waals surface area contributed by atoms with Gasteiger partial charge in [-0.1, -0.05) is 6.92 Å². The molecule has 80 valence electrons. The standard InChI is InChI=1S/C10H20N4/c1-4-7-13-10(12)14(9(2)3)8-5-6-11/h9H,4-5,7-8H2,1-3H3,(H2,12,13). The van der Waals surface area contributed by atoms with E-state index in [2.05, 4.69) is 18.0 Å². The van der Waals surface area contributed by atoms with Crippen LogP contribution in [0.4, 0.5) is 0 Å². The Kier molecular flexibility index (Phi) is 6.55. The molecule has 0 rings (SSSR count). The lowest BCUT2D eigenvalue weighted by atomic mass is 10.3. The third kappa shape index (κ3) is 4.70. The van der Waals surface area contributed by atoms with Gasteiger partial charge in [0.25, 0.3) is 0 Å². The predicted octanol–water partition coefficient (Wildman–Crippen LogP) is 1.34. The Hall–Kier alpha value is -1.24. The van der Waals surface area contributed by atoms with Crippen LogP contribution in [-0.4, -0.2) is 30.0 Å². The highest BCUT2D eigenvalue weighted by atomic mass is 15.3. The molecule has 0 radical (unpaired) electrons. The van der Waals surface area contributed by atoms with Gasteiger partial charge in [-0.2, -0.15) is 5.26 Å². The van der Waals surface area contributed by atoms with E-state index >= 15 is 0 Å². The highest BCUT2D eigenvalue weighted by Gasteiger charge is 2.10. The lowest BCUT2D eigenvalue weighted by Crippen LogP contribution is -2.42. The largest absolute Gasteiger partial charge is 0.370 e. The van der Waals surface area contributed by atoms with Gasteiger partial charge in [0.1, 0.15) is 0 Å². The van der Waals surface area contributed by atoms with Crippen LogP contribution in [0.15, 0.2) is 4.99 Å². The van der Waals surface area contributed by atoms with Crippen LogP contribution in [0, 0.1) is 11.3 Å². The predicted molar refractivity (Wildman–Crippen MR) is 58.9 cm³/mol. The van der Waals surface area contributed by atoms with E-state index in [-0.39, 0.29) is 0 Å². The molecule has 0 aromatic heterocycles. The number of nitriles is 1. The summed E-state index contributed by atoms with van der Waals surface area (Å²) >= 11 is 0. The normalized spacial score (nSPS) is 11.5. The summed E-state index contributed by atoms with van der Waals surface area (Å²) in [5.74, 6) is 0.553. The van der Waals surface area contributed by atoms with Crippen molar-refractivity contribution in [3.63, 3.8) is 0 Å². The number of rotatable bonds is 5. The van der Waals surface area contributed by atoms with E-state index in [1.54, 1.807) is 0 Å². The van der Waals surface area contributed by atoms with E-state index in [1.165, 1.54) is 0 Å². The lowest BCUT2D eigenvalue weighted by molar-refractivity contribution is 0.351. The highest BCUT2D eigenvalue weighted by Crippen LogP contribution is 1.99. The van der Waals surface area contributed by atoms with Crippen LogP contribution < -0.4 is 5.73 Å². The van der Waals surface area contributed by atoms with Crippen LogP contribution in [0.25, 0.3) is 0 Å². The van der Waals surface area contributed by atoms with Crippen molar-refractivity contribution in [3.05, 3.63) is 0 Å². The van der Waals surface area contributed by atoms with Gasteiger partial charge in [0.05, 0.1) is 12.5 Å². The minimum absolute atomic E-state index is 0.295. The number of guanidine groups is 1. The van der Waals surface area contributed by atoms with Crippen molar-refractivity contribution in [2.24, 2.45) is 10.7 Å². The molecule has 14 heavy (non-hydrogen) atoms. The molecule has 0 aliphatic heterocycles. The average Bonchev–Trinajstić information content (AvgIpc) is 2.14. The second-order valence-corrected chi connectivity index (χ2v) is 3.44. The zero-order valence-electron chi connectivity index (χ0n) is 9.32. The Morgan fingerprint density at radius 2 is 2.21 bits per heavy atom. The monoisotopic (exact) mass is 196 g/mol. The molecule has 0 aliphatic rings. The molecular formula is C10H20N4. The second kappa shape index (κ2) is 7.19. The third-order valence-electron chi connectivity index (χ3n) is 1.88. The molecule has 2 N–H and O–H groups in total. The molecule has 0 spiro atoms. The molecule has 0 saturated carbocycles. The van der Waals surface area contributed by atoms with Crippen molar-refractivity contribution < 1.29 is 0 Å². The van der Waals surface area contributed by atoms with Crippen molar-refractivity contribution in [3.8, 4) is 6.07 Å². The Bertz CT molecular complexity index is 215. The van der Waals surface area contributed by atoms with Gasteiger partial charge in [0, 0.05) is 19.1 Å².